The molecule has 1 saturated carbocycles. The van der Waals surface area contributed by atoms with Crippen LogP contribution in [0.1, 0.15) is 60.8 Å². The highest BCUT2D eigenvalue weighted by molar-refractivity contribution is 7.22. The molecule has 6 aromatic rings. The molecule has 11 rings (SSSR count). The van der Waals surface area contributed by atoms with Gasteiger partial charge in [0.25, 0.3) is 0 Å². The summed E-state index contributed by atoms with van der Waals surface area (Å²) >= 11 is 7.95. The highest BCUT2D eigenvalue weighted by Crippen LogP contribution is 2.65. The van der Waals surface area contributed by atoms with Gasteiger partial charge in [0, 0.05) is 66.1 Å². The number of carbonyl (C=O) groups is 4. The predicted octanol–water partition coefficient (Wildman–Crippen LogP) is 9.44. The van der Waals surface area contributed by atoms with Crippen LogP contribution in [-0.4, -0.2) is 67.4 Å². The van der Waals surface area contributed by atoms with Gasteiger partial charge in [-0.05, 0) is 91.8 Å². The third-order valence-corrected chi connectivity index (χ3v) is 16.8. The Balaban J connectivity index is 0.941. The third kappa shape index (κ3) is 6.82. The number of thiophene rings is 1. The maximum atomic E-state index is 15.4. The number of nitrogens with zero attached hydrogens (tertiary/aromatic N) is 5. The molecule has 4 aromatic carbocycles. The number of aromatic hydroxyl groups is 1. The number of allylic oxidation sites excluding steroid dienone is 2. The average molecular weight is 921 g/mol. The third-order valence-electron chi connectivity index (χ3n) is 15.3. The number of imide groups is 2. The topological polar surface area (TPSA) is 125 Å². The first kappa shape index (κ1) is 42.5. The van der Waals surface area contributed by atoms with Gasteiger partial charge in [0.2, 0.25) is 23.6 Å². The second kappa shape index (κ2) is 16.4. The van der Waals surface area contributed by atoms with Gasteiger partial charge in [0.15, 0.2) is 0 Å². The molecule has 5 aliphatic rings. The minimum Gasteiger partial charge on any atom is -0.508 e. The number of fused-ring (bicyclic) bond motifs is 5. The fraction of sp³-hybridized carbons (Fsp3) is 0.340. The van der Waals surface area contributed by atoms with Gasteiger partial charge < -0.3 is 9.84 Å². The van der Waals surface area contributed by atoms with Crippen molar-refractivity contribution in [2.75, 3.05) is 18.0 Å². The van der Waals surface area contributed by atoms with Crippen molar-refractivity contribution in [3.8, 4) is 22.1 Å². The number of hydrogen-bond acceptors (Lipinski definition) is 9. The van der Waals surface area contributed by atoms with Crippen molar-refractivity contribution in [1.29, 1.82) is 0 Å². The Morgan fingerprint density at radius 3 is 2.32 bits per heavy atom. The van der Waals surface area contributed by atoms with Crippen LogP contribution in [0.3, 0.4) is 0 Å². The molecule has 0 bridgehead atoms. The molecule has 13 heteroatoms. The van der Waals surface area contributed by atoms with Crippen molar-refractivity contribution in [3.63, 3.8) is 0 Å². The molecule has 6 atom stereocenters. The summed E-state index contributed by atoms with van der Waals surface area (Å²) in [4.78, 5) is 66.2. The van der Waals surface area contributed by atoms with Crippen molar-refractivity contribution in [2.45, 2.75) is 64.6 Å². The first-order valence-electron chi connectivity index (χ1n) is 22.8. The summed E-state index contributed by atoms with van der Waals surface area (Å²) in [5.74, 6) is -3.83. The Bertz CT molecular complexity index is 2980. The SMILES string of the molecule is Cc1c(-c2cc(N3C(=O)[C@@H]4C[C@@H]5C(=CC[C@@H]6C(=O)N(C7CCN(Cc8ccccc8)CC7)C(=O)[C@@H]65)[C@H](c5ccc(OCc6ccccc6)cc5O)[C@]4(C)C3=O)n(C)n2)sc2ccc(Cl)cc12. The molecule has 1 N–H and O–H groups in total. The molecular formula is C53H50ClN5O6S. The Labute approximate surface area is 392 Å². The van der Waals surface area contributed by atoms with E-state index in [1.54, 1.807) is 52.2 Å². The van der Waals surface area contributed by atoms with Gasteiger partial charge in [-0.1, -0.05) is 90.0 Å². The zero-order chi connectivity index (χ0) is 45.6. The van der Waals surface area contributed by atoms with Crippen molar-refractivity contribution >= 4 is 62.5 Å². The highest BCUT2D eigenvalue weighted by Gasteiger charge is 2.68. The van der Waals surface area contributed by atoms with Crippen LogP contribution in [-0.2, 0) is 39.4 Å². The molecule has 0 spiro atoms. The summed E-state index contributed by atoms with van der Waals surface area (Å²) in [6.45, 7) is 6.49. The number of phenols is 1. The van der Waals surface area contributed by atoms with E-state index in [4.69, 9.17) is 21.4 Å². The maximum absolute atomic E-state index is 15.4. The van der Waals surface area contributed by atoms with Gasteiger partial charge in [0.05, 0.1) is 28.0 Å². The zero-order valence-corrected chi connectivity index (χ0v) is 38.6. The summed E-state index contributed by atoms with van der Waals surface area (Å²) in [6.07, 6.45) is 3.95. The molecule has 66 heavy (non-hydrogen) atoms. The number of halogens is 1. The zero-order valence-electron chi connectivity index (χ0n) is 37.0. The van der Waals surface area contributed by atoms with E-state index >= 15 is 9.59 Å². The molecule has 4 fully saturated rings. The lowest BCUT2D eigenvalue weighted by Gasteiger charge is -2.49. The summed E-state index contributed by atoms with van der Waals surface area (Å²) in [5.41, 5.74) is 3.75. The fourth-order valence-corrected chi connectivity index (χ4v) is 13.3. The lowest BCUT2D eigenvalue weighted by molar-refractivity contribution is -0.144. The number of likely N-dealkylation sites (tertiary alicyclic amines) is 2. The first-order chi connectivity index (χ1) is 31.9. The number of ether oxygens (including phenoxy) is 1. The molecule has 0 unspecified atom stereocenters. The van der Waals surface area contributed by atoms with Crippen LogP contribution >= 0.6 is 22.9 Å². The largest absolute Gasteiger partial charge is 0.508 e. The van der Waals surface area contributed by atoms with Crippen LogP contribution in [0, 0.1) is 36.0 Å². The van der Waals surface area contributed by atoms with Crippen LogP contribution in [0.5, 0.6) is 11.5 Å². The number of carbonyl (C=O) groups excluding carboxylic acids is 4. The number of amides is 4. The number of aromatic nitrogens is 2. The van der Waals surface area contributed by atoms with E-state index in [9.17, 15) is 14.7 Å². The number of hydrogen-bond donors (Lipinski definition) is 1. The summed E-state index contributed by atoms with van der Waals surface area (Å²) < 4.78 is 8.74. The van der Waals surface area contributed by atoms with Gasteiger partial charge >= 0.3 is 0 Å². The van der Waals surface area contributed by atoms with Crippen LogP contribution in [0.4, 0.5) is 5.82 Å². The highest BCUT2D eigenvalue weighted by atomic mass is 35.5. The Morgan fingerprint density at radius 1 is 0.864 bits per heavy atom. The molecule has 4 amide bonds. The van der Waals surface area contributed by atoms with E-state index in [-0.39, 0.29) is 35.9 Å². The lowest BCUT2D eigenvalue weighted by Crippen LogP contribution is -2.49. The molecule has 2 aliphatic carbocycles. The number of benzene rings is 4. The lowest BCUT2D eigenvalue weighted by atomic mass is 9.51. The monoisotopic (exact) mass is 919 g/mol. The normalized spacial score (nSPS) is 25.6. The molecule has 336 valence electrons. The molecule has 0 radical (unpaired) electrons. The first-order valence-corrected chi connectivity index (χ1v) is 24.0. The van der Waals surface area contributed by atoms with Gasteiger partial charge in [-0.3, -0.25) is 33.7 Å². The Kier molecular flexibility index (Phi) is 10.5. The van der Waals surface area contributed by atoms with Gasteiger partial charge in [-0.15, -0.1) is 11.3 Å². The molecule has 3 aliphatic heterocycles. The minimum atomic E-state index is -1.36. The van der Waals surface area contributed by atoms with E-state index in [2.05, 4.69) is 17.0 Å². The standard InChI is InChI=1S/C53H50ClN5O6S/c1-30-39-24-33(54)14-19-44(39)66-48(30)42-27-45(56(3)55-42)59-50(62)41-26-40-36(47(53(41,2)52(59)64)37-16-15-35(25-43(37)60)65-29-32-12-8-5-9-13-32)17-18-38-46(40)51(63)58(49(38)61)34-20-22-57(23-21-34)28-31-10-6-4-7-11-31/h4-17,19,24-25,27,34,38,40-41,46-47,60H,18,20-23,26,28-29H2,1-3H3/t38-,40+,41-,46-,47+,53+/m0/s1. The Morgan fingerprint density at radius 2 is 1.59 bits per heavy atom. The average Bonchev–Trinajstić information content (AvgIpc) is 3.99. The Hall–Kier alpha value is -6.08. The van der Waals surface area contributed by atoms with Crippen molar-refractivity contribution in [1.82, 2.24) is 19.6 Å². The summed E-state index contributed by atoms with van der Waals surface area (Å²) in [5, 5.41) is 18.5. The second-order valence-corrected chi connectivity index (χ2v) is 20.4. The van der Waals surface area contributed by atoms with Crippen LogP contribution in [0.2, 0.25) is 5.02 Å². The van der Waals surface area contributed by atoms with Crippen molar-refractivity contribution < 1.29 is 29.0 Å². The van der Waals surface area contributed by atoms with Crippen LogP contribution < -0.4 is 9.64 Å². The van der Waals surface area contributed by atoms with E-state index in [0.717, 1.165) is 51.3 Å². The van der Waals surface area contributed by atoms with Gasteiger partial charge in [-0.25, -0.2) is 4.90 Å². The number of rotatable bonds is 9. The smallest absolute Gasteiger partial charge is 0.242 e. The molecular weight excluding hydrogens is 870 g/mol. The predicted molar refractivity (Wildman–Crippen MR) is 254 cm³/mol. The van der Waals surface area contributed by atoms with E-state index in [1.165, 1.54) is 10.5 Å². The number of piperidine rings is 1. The molecule has 5 heterocycles. The molecule has 3 saturated heterocycles. The maximum Gasteiger partial charge on any atom is 0.242 e. The van der Waals surface area contributed by atoms with E-state index in [0.29, 0.717) is 53.7 Å². The van der Waals surface area contributed by atoms with Crippen molar-refractivity contribution in [2.24, 2.45) is 36.1 Å². The van der Waals surface area contributed by atoms with E-state index in [1.807, 2.05) is 86.7 Å². The van der Waals surface area contributed by atoms with Crippen molar-refractivity contribution in [3.05, 3.63) is 142 Å². The van der Waals surface area contributed by atoms with Crippen LogP contribution in [0.25, 0.3) is 20.7 Å². The molecule has 11 nitrogen and oxygen atoms in total. The quantitative estimate of drug-likeness (QED) is 0.112. The number of anilines is 1. The number of aryl methyl sites for hydroxylation is 2. The minimum absolute atomic E-state index is 0.0752. The van der Waals surface area contributed by atoms with Gasteiger partial charge in [-0.2, -0.15) is 5.10 Å². The summed E-state index contributed by atoms with van der Waals surface area (Å²) in [6, 6.07) is 32.6. The fourth-order valence-electron chi connectivity index (χ4n) is 12.0. The van der Waals surface area contributed by atoms with Gasteiger partial charge in [0.1, 0.15) is 29.6 Å². The summed E-state index contributed by atoms with van der Waals surface area (Å²) in [7, 11) is 1.73. The van der Waals surface area contributed by atoms with Crippen LogP contribution in [0.15, 0.2) is 115 Å². The second-order valence-electron chi connectivity index (χ2n) is 18.9. The molecule has 2 aromatic heterocycles. The number of phenolic OH excluding ortho intramolecular Hbond substituents is 1. The van der Waals surface area contributed by atoms with E-state index < -0.39 is 40.9 Å².